The summed E-state index contributed by atoms with van der Waals surface area (Å²) < 4.78 is 2.90. The largest absolute Gasteiger partial charge is 0.299 e. The van der Waals surface area contributed by atoms with E-state index in [-0.39, 0.29) is 5.92 Å². The molecule has 0 aromatic carbocycles. The molecule has 0 aliphatic heterocycles. The van der Waals surface area contributed by atoms with Crippen LogP contribution in [0.5, 0.6) is 0 Å². The lowest BCUT2D eigenvalue weighted by Crippen LogP contribution is -2.18. The molecule has 3 nitrogen and oxygen atoms in total. The van der Waals surface area contributed by atoms with Crippen molar-refractivity contribution in [1.29, 1.82) is 0 Å². The van der Waals surface area contributed by atoms with Crippen LogP contribution in [0.4, 0.5) is 0 Å². The van der Waals surface area contributed by atoms with Crippen LogP contribution < -0.4 is 0 Å². The maximum Gasteiger partial charge on any atom is 0.141 e. The Hall–Kier alpha value is -0.640. The highest BCUT2D eigenvalue weighted by Crippen LogP contribution is 2.23. The number of halogens is 1. The first-order valence-electron chi connectivity index (χ1n) is 6.29. The molecule has 17 heavy (non-hydrogen) atoms. The number of aromatic nitrogens is 2. The quantitative estimate of drug-likeness (QED) is 0.805. The van der Waals surface area contributed by atoms with E-state index in [9.17, 15) is 4.79 Å². The van der Waals surface area contributed by atoms with Crippen molar-refractivity contribution >= 4 is 21.7 Å². The first-order chi connectivity index (χ1) is 8.04. The molecule has 0 aliphatic carbocycles. The summed E-state index contributed by atoms with van der Waals surface area (Å²) in [6.45, 7) is 8.95. The van der Waals surface area contributed by atoms with Crippen LogP contribution in [-0.2, 0) is 17.8 Å². The van der Waals surface area contributed by atoms with E-state index >= 15 is 0 Å². The van der Waals surface area contributed by atoms with Gasteiger partial charge in [-0.2, -0.15) is 5.10 Å². The van der Waals surface area contributed by atoms with Gasteiger partial charge in [0.2, 0.25) is 0 Å². The van der Waals surface area contributed by atoms with E-state index in [1.807, 2.05) is 18.5 Å². The molecule has 0 radical (unpaired) electrons. The molecule has 1 aromatic heterocycles. The van der Waals surface area contributed by atoms with Crippen LogP contribution in [0.3, 0.4) is 0 Å². The number of hydrogen-bond donors (Lipinski definition) is 0. The molecule has 0 spiro atoms. The summed E-state index contributed by atoms with van der Waals surface area (Å²) in [5, 5.41) is 4.41. The molecule has 0 saturated heterocycles. The van der Waals surface area contributed by atoms with Gasteiger partial charge in [-0.1, -0.05) is 13.8 Å². The SMILES string of the molecule is CCC(CC)C(=O)Cc1c(Br)c(C)nn1CC. The number of rotatable bonds is 6. The highest BCUT2D eigenvalue weighted by Gasteiger charge is 2.20. The third-order valence-electron chi connectivity index (χ3n) is 3.24. The van der Waals surface area contributed by atoms with Crippen molar-refractivity contribution in [2.24, 2.45) is 5.92 Å². The van der Waals surface area contributed by atoms with Crippen molar-refractivity contribution in [3.05, 3.63) is 15.9 Å². The van der Waals surface area contributed by atoms with Crippen LogP contribution in [0, 0.1) is 12.8 Å². The third kappa shape index (κ3) is 3.18. The smallest absolute Gasteiger partial charge is 0.141 e. The first-order valence-corrected chi connectivity index (χ1v) is 7.08. The highest BCUT2D eigenvalue weighted by atomic mass is 79.9. The average Bonchev–Trinajstić information content (AvgIpc) is 2.58. The summed E-state index contributed by atoms with van der Waals surface area (Å²) in [4.78, 5) is 12.1. The van der Waals surface area contributed by atoms with Gasteiger partial charge in [0.15, 0.2) is 0 Å². The minimum Gasteiger partial charge on any atom is -0.299 e. The van der Waals surface area contributed by atoms with Gasteiger partial charge in [0, 0.05) is 18.9 Å². The molecule has 0 amide bonds. The van der Waals surface area contributed by atoms with Gasteiger partial charge in [-0.15, -0.1) is 0 Å². The normalized spacial score (nSPS) is 11.2. The van der Waals surface area contributed by atoms with Crippen LogP contribution in [0.25, 0.3) is 0 Å². The van der Waals surface area contributed by atoms with E-state index in [1.165, 1.54) is 0 Å². The van der Waals surface area contributed by atoms with Gasteiger partial charge in [0.1, 0.15) is 5.78 Å². The third-order valence-corrected chi connectivity index (χ3v) is 4.27. The molecule has 1 aromatic rings. The molecule has 0 unspecified atom stereocenters. The van der Waals surface area contributed by atoms with Crippen LogP contribution >= 0.6 is 15.9 Å². The minimum absolute atomic E-state index is 0.183. The van der Waals surface area contributed by atoms with Crippen molar-refractivity contribution in [3.8, 4) is 0 Å². The lowest BCUT2D eigenvalue weighted by atomic mass is 9.95. The summed E-state index contributed by atoms with van der Waals surface area (Å²) in [5.74, 6) is 0.507. The second-order valence-electron chi connectivity index (χ2n) is 4.32. The van der Waals surface area contributed by atoms with E-state index in [0.29, 0.717) is 12.2 Å². The van der Waals surface area contributed by atoms with Gasteiger partial charge in [0.05, 0.1) is 15.9 Å². The van der Waals surface area contributed by atoms with Crippen molar-refractivity contribution in [1.82, 2.24) is 9.78 Å². The average molecular weight is 301 g/mol. The number of carbonyl (C=O) groups is 1. The maximum absolute atomic E-state index is 12.1. The Kier molecular flexibility index (Phi) is 5.37. The van der Waals surface area contributed by atoms with Crippen molar-refractivity contribution in [2.45, 2.75) is 53.5 Å². The Morgan fingerprint density at radius 2 is 1.94 bits per heavy atom. The first kappa shape index (κ1) is 14.4. The monoisotopic (exact) mass is 300 g/mol. The lowest BCUT2D eigenvalue weighted by molar-refractivity contribution is -0.122. The van der Waals surface area contributed by atoms with E-state index < -0.39 is 0 Å². The number of aryl methyl sites for hydroxylation is 2. The van der Waals surface area contributed by atoms with Crippen molar-refractivity contribution < 1.29 is 4.79 Å². The summed E-state index contributed by atoms with van der Waals surface area (Å²) in [6.07, 6.45) is 2.33. The van der Waals surface area contributed by atoms with Crippen LogP contribution in [0.2, 0.25) is 0 Å². The fourth-order valence-corrected chi connectivity index (χ4v) is 2.52. The number of Topliss-reactive ketones (excluding diaryl/α,β-unsaturated/α-hetero) is 1. The Morgan fingerprint density at radius 3 is 2.41 bits per heavy atom. The zero-order valence-corrected chi connectivity index (χ0v) is 12.7. The lowest BCUT2D eigenvalue weighted by Gasteiger charge is -2.11. The standard InChI is InChI=1S/C13H21BrN2O/c1-5-10(6-2)12(17)8-11-13(14)9(4)15-16(11)7-3/h10H,5-8H2,1-4H3. The summed E-state index contributed by atoms with van der Waals surface area (Å²) >= 11 is 3.53. The fraction of sp³-hybridized carbons (Fsp3) is 0.692. The molecule has 0 bridgehead atoms. The zero-order chi connectivity index (χ0) is 13.0. The fourth-order valence-electron chi connectivity index (χ4n) is 2.09. The zero-order valence-electron chi connectivity index (χ0n) is 11.1. The van der Waals surface area contributed by atoms with Gasteiger partial charge in [0.25, 0.3) is 0 Å². The van der Waals surface area contributed by atoms with Gasteiger partial charge < -0.3 is 0 Å². The number of hydrogen-bond acceptors (Lipinski definition) is 2. The Bertz CT molecular complexity index is 394. The topological polar surface area (TPSA) is 34.9 Å². The van der Waals surface area contributed by atoms with Gasteiger partial charge >= 0.3 is 0 Å². The van der Waals surface area contributed by atoms with Gasteiger partial charge in [-0.05, 0) is 42.6 Å². The second kappa shape index (κ2) is 6.34. The van der Waals surface area contributed by atoms with Crippen molar-refractivity contribution in [3.63, 3.8) is 0 Å². The minimum atomic E-state index is 0.183. The molecule has 0 atom stereocenters. The van der Waals surface area contributed by atoms with E-state index in [0.717, 1.165) is 35.2 Å². The van der Waals surface area contributed by atoms with E-state index in [4.69, 9.17) is 0 Å². The Labute approximate surface area is 112 Å². The number of ketones is 1. The Balaban J connectivity index is 2.91. The predicted octanol–water partition coefficient (Wildman–Crippen LogP) is 3.52. The van der Waals surface area contributed by atoms with Gasteiger partial charge in [-0.25, -0.2) is 0 Å². The second-order valence-corrected chi connectivity index (χ2v) is 5.11. The van der Waals surface area contributed by atoms with Crippen LogP contribution in [-0.4, -0.2) is 15.6 Å². The summed E-state index contributed by atoms with van der Waals surface area (Å²) in [6, 6.07) is 0. The van der Waals surface area contributed by atoms with E-state index in [2.05, 4.69) is 34.9 Å². The highest BCUT2D eigenvalue weighted by molar-refractivity contribution is 9.10. The molecule has 96 valence electrons. The molecule has 4 heteroatoms. The maximum atomic E-state index is 12.1. The molecule has 0 aliphatic rings. The molecular weight excluding hydrogens is 280 g/mol. The summed E-state index contributed by atoms with van der Waals surface area (Å²) in [7, 11) is 0. The molecule has 0 fully saturated rings. The molecule has 0 saturated carbocycles. The van der Waals surface area contributed by atoms with Crippen molar-refractivity contribution in [2.75, 3.05) is 0 Å². The van der Waals surface area contributed by atoms with Gasteiger partial charge in [-0.3, -0.25) is 9.48 Å². The number of carbonyl (C=O) groups excluding carboxylic acids is 1. The summed E-state index contributed by atoms with van der Waals surface area (Å²) in [5.41, 5.74) is 1.97. The van der Waals surface area contributed by atoms with E-state index in [1.54, 1.807) is 0 Å². The molecule has 1 rings (SSSR count). The Morgan fingerprint density at radius 1 is 1.35 bits per heavy atom. The molecule has 1 heterocycles. The van der Waals surface area contributed by atoms with Crippen LogP contribution in [0.15, 0.2) is 4.47 Å². The van der Waals surface area contributed by atoms with Crippen LogP contribution in [0.1, 0.15) is 45.0 Å². The molecular formula is C13H21BrN2O. The molecule has 0 N–H and O–H groups in total. The predicted molar refractivity (Wildman–Crippen MR) is 73.1 cm³/mol. The number of nitrogens with zero attached hydrogens (tertiary/aromatic N) is 2.